The number of hydrogen-bond donors (Lipinski definition) is 1. The Morgan fingerprint density at radius 1 is 1.04 bits per heavy atom. The minimum Gasteiger partial charge on any atom is -0.441 e. The van der Waals surface area contributed by atoms with Gasteiger partial charge >= 0.3 is 6.09 Å². The normalized spacial score (nSPS) is 11.9. The van der Waals surface area contributed by atoms with Gasteiger partial charge in [-0.1, -0.05) is 64.5 Å². The molecule has 0 saturated heterocycles. The number of fused-ring (bicyclic) bond motifs is 1. The summed E-state index contributed by atoms with van der Waals surface area (Å²) in [7, 11) is 0. The molecule has 0 bridgehead atoms. The molecule has 2 heterocycles. The Bertz CT molecular complexity index is 1110. The Kier molecular flexibility index (Phi) is 5.12. The zero-order valence-electron chi connectivity index (χ0n) is 15.2. The Morgan fingerprint density at radius 3 is 2.50 bits per heavy atom. The summed E-state index contributed by atoms with van der Waals surface area (Å²) in [6, 6.07) is 23.1. The van der Waals surface area contributed by atoms with Crippen LogP contribution in [0.2, 0.25) is 0 Å². The number of pyridine rings is 1. The first-order valence-corrected chi connectivity index (χ1v) is 9.67. The SMILES string of the molecule is C[C@@H](OC(=O)Nc1c(-c2ccc(Br)cc2)nc2ccccn12)c1ccccc1. The molecule has 4 rings (SSSR count). The van der Waals surface area contributed by atoms with Crippen molar-refractivity contribution in [3.05, 3.63) is 89.0 Å². The highest BCUT2D eigenvalue weighted by molar-refractivity contribution is 9.10. The van der Waals surface area contributed by atoms with Gasteiger partial charge in [0.05, 0.1) is 0 Å². The highest BCUT2D eigenvalue weighted by Gasteiger charge is 2.18. The first kappa shape index (κ1) is 18.3. The third kappa shape index (κ3) is 3.77. The standard InChI is InChI=1S/C22H18BrN3O2/c1-15(16-7-3-2-4-8-16)28-22(27)25-21-20(17-10-12-18(23)13-11-17)24-19-9-5-6-14-26(19)21/h2-15H,1H3,(H,25,27)/t15-/m1/s1. The van der Waals surface area contributed by atoms with Crippen LogP contribution in [0.5, 0.6) is 0 Å². The topological polar surface area (TPSA) is 55.6 Å². The molecule has 0 aliphatic heterocycles. The molecular formula is C22H18BrN3O2. The lowest BCUT2D eigenvalue weighted by Crippen LogP contribution is -2.17. The number of ether oxygens (including phenoxy) is 1. The third-order valence-electron chi connectivity index (χ3n) is 4.42. The highest BCUT2D eigenvalue weighted by Crippen LogP contribution is 2.30. The maximum atomic E-state index is 12.6. The summed E-state index contributed by atoms with van der Waals surface area (Å²) in [5.41, 5.74) is 3.26. The maximum absolute atomic E-state index is 12.6. The van der Waals surface area contributed by atoms with Gasteiger partial charge in [0.1, 0.15) is 23.3 Å². The van der Waals surface area contributed by atoms with Crippen LogP contribution in [0.1, 0.15) is 18.6 Å². The molecule has 2 aromatic heterocycles. The van der Waals surface area contributed by atoms with Crippen LogP contribution in [0.4, 0.5) is 10.6 Å². The fraction of sp³-hybridized carbons (Fsp3) is 0.0909. The molecular weight excluding hydrogens is 418 g/mol. The lowest BCUT2D eigenvalue weighted by molar-refractivity contribution is 0.121. The Balaban J connectivity index is 1.64. The molecule has 2 aromatic carbocycles. The molecule has 0 saturated carbocycles. The van der Waals surface area contributed by atoms with Crippen molar-refractivity contribution < 1.29 is 9.53 Å². The molecule has 1 atom stereocenters. The van der Waals surface area contributed by atoms with E-state index in [9.17, 15) is 4.79 Å². The van der Waals surface area contributed by atoms with Gasteiger partial charge in [-0.2, -0.15) is 0 Å². The van der Waals surface area contributed by atoms with E-state index in [0.717, 1.165) is 21.2 Å². The molecule has 1 N–H and O–H groups in total. The van der Waals surface area contributed by atoms with Crippen molar-refractivity contribution in [2.45, 2.75) is 13.0 Å². The van der Waals surface area contributed by atoms with Gasteiger partial charge in [-0.05, 0) is 36.8 Å². The van der Waals surface area contributed by atoms with Crippen molar-refractivity contribution in [2.75, 3.05) is 5.32 Å². The zero-order chi connectivity index (χ0) is 19.5. The second kappa shape index (κ2) is 7.86. The number of benzene rings is 2. The second-order valence-corrected chi connectivity index (χ2v) is 7.24. The summed E-state index contributed by atoms with van der Waals surface area (Å²) in [6.07, 6.45) is 0.970. The van der Waals surface area contributed by atoms with E-state index in [4.69, 9.17) is 4.74 Å². The van der Waals surface area contributed by atoms with Crippen LogP contribution in [0.15, 0.2) is 83.5 Å². The summed E-state index contributed by atoms with van der Waals surface area (Å²) < 4.78 is 8.39. The molecule has 0 radical (unpaired) electrons. The quantitative estimate of drug-likeness (QED) is 0.422. The minimum atomic E-state index is -0.527. The van der Waals surface area contributed by atoms with E-state index in [0.29, 0.717) is 11.5 Å². The van der Waals surface area contributed by atoms with Gasteiger partial charge in [-0.3, -0.25) is 9.72 Å². The summed E-state index contributed by atoms with van der Waals surface area (Å²) >= 11 is 3.45. The molecule has 0 unspecified atom stereocenters. The number of aromatic nitrogens is 2. The monoisotopic (exact) mass is 435 g/mol. The van der Waals surface area contributed by atoms with Gasteiger partial charge in [0.2, 0.25) is 0 Å². The van der Waals surface area contributed by atoms with E-state index in [2.05, 4.69) is 26.2 Å². The fourth-order valence-corrected chi connectivity index (χ4v) is 3.27. The number of nitrogens with zero attached hydrogens (tertiary/aromatic N) is 2. The van der Waals surface area contributed by atoms with Gasteiger partial charge < -0.3 is 4.74 Å². The second-order valence-electron chi connectivity index (χ2n) is 6.33. The van der Waals surface area contributed by atoms with E-state index in [1.165, 1.54) is 0 Å². The predicted molar refractivity (Wildman–Crippen MR) is 113 cm³/mol. The first-order valence-electron chi connectivity index (χ1n) is 8.87. The van der Waals surface area contributed by atoms with Gasteiger partial charge in [0.15, 0.2) is 0 Å². The van der Waals surface area contributed by atoms with Crippen molar-refractivity contribution in [3.8, 4) is 11.3 Å². The van der Waals surface area contributed by atoms with E-state index >= 15 is 0 Å². The molecule has 0 fully saturated rings. The Hall–Kier alpha value is -3.12. The lowest BCUT2D eigenvalue weighted by atomic mass is 10.1. The number of carbonyl (C=O) groups excluding carboxylic acids is 1. The average molecular weight is 436 g/mol. The summed E-state index contributed by atoms with van der Waals surface area (Å²) in [5.74, 6) is 0.572. The number of nitrogens with one attached hydrogen (secondary N) is 1. The summed E-state index contributed by atoms with van der Waals surface area (Å²) in [5, 5.41) is 2.87. The summed E-state index contributed by atoms with van der Waals surface area (Å²) in [4.78, 5) is 17.3. The van der Waals surface area contributed by atoms with Crippen LogP contribution in [-0.2, 0) is 4.74 Å². The van der Waals surface area contributed by atoms with Crippen molar-refractivity contribution in [1.82, 2.24) is 9.38 Å². The van der Waals surface area contributed by atoms with Crippen molar-refractivity contribution >= 4 is 33.5 Å². The molecule has 28 heavy (non-hydrogen) atoms. The molecule has 5 nitrogen and oxygen atoms in total. The largest absolute Gasteiger partial charge is 0.441 e. The zero-order valence-corrected chi connectivity index (χ0v) is 16.8. The van der Waals surface area contributed by atoms with E-state index in [-0.39, 0.29) is 6.10 Å². The smallest absolute Gasteiger partial charge is 0.413 e. The van der Waals surface area contributed by atoms with E-state index in [1.54, 1.807) is 0 Å². The molecule has 4 aromatic rings. The lowest BCUT2D eigenvalue weighted by Gasteiger charge is -2.14. The number of rotatable bonds is 4. The van der Waals surface area contributed by atoms with Crippen LogP contribution in [0.25, 0.3) is 16.9 Å². The average Bonchev–Trinajstić information content (AvgIpc) is 3.07. The van der Waals surface area contributed by atoms with Crippen LogP contribution >= 0.6 is 15.9 Å². The Labute approximate surface area is 171 Å². The molecule has 1 amide bonds. The Morgan fingerprint density at radius 2 is 1.75 bits per heavy atom. The molecule has 140 valence electrons. The maximum Gasteiger partial charge on any atom is 0.413 e. The summed E-state index contributed by atoms with van der Waals surface area (Å²) in [6.45, 7) is 1.85. The number of imidazole rings is 1. The molecule has 0 aliphatic rings. The van der Waals surface area contributed by atoms with E-state index in [1.807, 2.05) is 90.3 Å². The minimum absolute atomic E-state index is 0.364. The van der Waals surface area contributed by atoms with Gasteiger partial charge in [-0.15, -0.1) is 0 Å². The van der Waals surface area contributed by atoms with E-state index < -0.39 is 6.09 Å². The number of amides is 1. The molecule has 6 heteroatoms. The van der Waals surface area contributed by atoms with Crippen molar-refractivity contribution in [3.63, 3.8) is 0 Å². The number of hydrogen-bond acceptors (Lipinski definition) is 3. The van der Waals surface area contributed by atoms with Gasteiger partial charge in [0, 0.05) is 16.2 Å². The first-order chi connectivity index (χ1) is 13.6. The highest BCUT2D eigenvalue weighted by atomic mass is 79.9. The molecule has 0 aliphatic carbocycles. The predicted octanol–water partition coefficient (Wildman–Crippen LogP) is 6.07. The van der Waals surface area contributed by atoms with Crippen LogP contribution in [0.3, 0.4) is 0 Å². The van der Waals surface area contributed by atoms with Gasteiger partial charge in [0.25, 0.3) is 0 Å². The van der Waals surface area contributed by atoms with Crippen molar-refractivity contribution in [1.29, 1.82) is 0 Å². The number of anilines is 1. The van der Waals surface area contributed by atoms with Gasteiger partial charge in [-0.25, -0.2) is 9.78 Å². The van der Waals surface area contributed by atoms with Crippen LogP contribution in [0, 0.1) is 0 Å². The van der Waals surface area contributed by atoms with Crippen molar-refractivity contribution in [2.24, 2.45) is 0 Å². The fourth-order valence-electron chi connectivity index (χ4n) is 3.00. The van der Waals surface area contributed by atoms with Crippen LogP contribution < -0.4 is 5.32 Å². The molecule has 0 spiro atoms. The van der Waals surface area contributed by atoms with Crippen LogP contribution in [-0.4, -0.2) is 15.5 Å². The number of halogens is 1. The number of carbonyl (C=O) groups is 1. The third-order valence-corrected chi connectivity index (χ3v) is 4.95.